The van der Waals surface area contributed by atoms with Crippen LogP contribution in [0.15, 0.2) is 84.9 Å². The number of benzene rings is 4. The highest BCUT2D eigenvalue weighted by molar-refractivity contribution is 7.88. The highest BCUT2D eigenvalue weighted by Crippen LogP contribution is 2.62. The number of halogens is 5. The van der Waals surface area contributed by atoms with Crippen LogP contribution in [0.5, 0.6) is 11.5 Å². The van der Waals surface area contributed by atoms with E-state index in [-0.39, 0.29) is 70.6 Å². The molecule has 0 unspecified atom stereocenters. The number of alkyl halides is 3. The Balaban J connectivity index is 0.000000193. The van der Waals surface area contributed by atoms with Crippen LogP contribution in [0.1, 0.15) is 123 Å². The van der Waals surface area contributed by atoms with Gasteiger partial charge in [-0.05, 0) is 160 Å². The van der Waals surface area contributed by atoms with E-state index in [1.165, 1.54) is 23.3 Å². The summed E-state index contributed by atoms with van der Waals surface area (Å²) in [5.74, 6) is 0.382. The Kier molecular flexibility index (Phi) is 13.1. The Labute approximate surface area is 378 Å². The van der Waals surface area contributed by atoms with Crippen molar-refractivity contribution >= 4 is 45.1 Å². The molecule has 2 aliphatic carbocycles. The third kappa shape index (κ3) is 8.45. The summed E-state index contributed by atoms with van der Waals surface area (Å²) in [7, 11) is -5.77. The molecule has 8 nitrogen and oxygen atoms in total. The zero-order valence-corrected chi connectivity index (χ0v) is 38.6. The van der Waals surface area contributed by atoms with Crippen molar-refractivity contribution in [2.75, 3.05) is 0 Å². The van der Waals surface area contributed by atoms with Crippen LogP contribution >= 0.6 is 23.2 Å². The quantitative estimate of drug-likeness (QED) is 0.120. The lowest BCUT2D eigenvalue weighted by molar-refractivity contribution is -0.132. The van der Waals surface area contributed by atoms with E-state index in [4.69, 9.17) is 23.2 Å². The van der Waals surface area contributed by atoms with Crippen molar-refractivity contribution in [2.24, 2.45) is 22.7 Å². The SMILES string of the molecule is CC[C@@]12CC[C@@H](c3ccc(C)cc3Cl)[C@H](c3ccc(O)cc3)[C@@H]1[C@@H](C)NC2=O.CC[C@@]12CC[C@@H](c3ccc(C)cc3Cl)[C@H](c3ccc(OS(=O)(=O)C(F)(F)F)cc3)[C@@H]1[C@@H](C)NC2=O. The minimum Gasteiger partial charge on any atom is -0.508 e. The lowest BCUT2D eigenvalue weighted by Crippen LogP contribution is -2.43. The van der Waals surface area contributed by atoms with Crippen molar-refractivity contribution in [3.63, 3.8) is 0 Å². The second-order valence-electron chi connectivity index (χ2n) is 18.1. The molecule has 3 N–H and O–H groups in total. The molecular weight excluding hydrogens is 873 g/mol. The smallest absolute Gasteiger partial charge is 0.508 e. The summed E-state index contributed by atoms with van der Waals surface area (Å²) < 4.78 is 65.3. The molecule has 0 bridgehead atoms. The second kappa shape index (κ2) is 17.6. The zero-order chi connectivity index (χ0) is 45.8. The predicted molar refractivity (Wildman–Crippen MR) is 240 cm³/mol. The predicted octanol–water partition coefficient (Wildman–Crippen LogP) is 11.6. The fraction of sp³-hybridized carbons (Fsp3) is 0.469. The average Bonchev–Trinajstić information content (AvgIpc) is 3.64. The van der Waals surface area contributed by atoms with Crippen molar-refractivity contribution in [3.05, 3.63) is 128 Å². The molecule has 4 aromatic carbocycles. The molecule has 8 rings (SSSR count). The van der Waals surface area contributed by atoms with Gasteiger partial charge in [-0.1, -0.05) is 85.6 Å². The Morgan fingerprint density at radius 2 is 1.10 bits per heavy atom. The van der Waals surface area contributed by atoms with Gasteiger partial charge in [0.1, 0.15) is 11.5 Å². The largest absolute Gasteiger partial charge is 0.534 e. The number of aromatic hydroxyl groups is 1. The third-order valence-corrected chi connectivity index (χ3v) is 16.5. The Hall–Kier alpha value is -4.26. The van der Waals surface area contributed by atoms with Crippen LogP contribution in [-0.2, 0) is 19.7 Å². The van der Waals surface area contributed by atoms with E-state index in [9.17, 15) is 36.3 Å². The van der Waals surface area contributed by atoms with Crippen LogP contribution in [-0.4, -0.2) is 42.9 Å². The van der Waals surface area contributed by atoms with Gasteiger partial charge in [-0.15, -0.1) is 0 Å². The second-order valence-corrected chi connectivity index (χ2v) is 20.5. The number of hydrogen-bond donors (Lipinski definition) is 3. The van der Waals surface area contributed by atoms with Gasteiger partial charge in [0.2, 0.25) is 11.8 Å². The summed E-state index contributed by atoms with van der Waals surface area (Å²) in [6, 6.07) is 25.3. The van der Waals surface area contributed by atoms with E-state index >= 15 is 0 Å². The van der Waals surface area contributed by atoms with Gasteiger partial charge in [0.05, 0.1) is 10.8 Å². The van der Waals surface area contributed by atoms with Crippen LogP contribution in [0.4, 0.5) is 13.2 Å². The molecule has 63 heavy (non-hydrogen) atoms. The first kappa shape index (κ1) is 46.7. The monoisotopic (exact) mass is 926 g/mol. The zero-order valence-electron chi connectivity index (χ0n) is 36.2. The number of rotatable bonds is 8. The van der Waals surface area contributed by atoms with Gasteiger partial charge in [0.25, 0.3) is 0 Å². The summed E-state index contributed by atoms with van der Waals surface area (Å²) in [4.78, 5) is 26.1. The van der Waals surface area contributed by atoms with Crippen molar-refractivity contribution in [1.82, 2.24) is 10.6 Å². The summed E-state index contributed by atoms with van der Waals surface area (Å²) in [5.41, 5.74) is -0.150. The van der Waals surface area contributed by atoms with Gasteiger partial charge in [-0.3, -0.25) is 9.59 Å². The molecule has 2 aliphatic heterocycles. The van der Waals surface area contributed by atoms with Gasteiger partial charge < -0.3 is 19.9 Å². The minimum absolute atomic E-state index is 0.0205. The first-order chi connectivity index (χ1) is 29.7. The number of carbonyl (C=O) groups is 2. The van der Waals surface area contributed by atoms with Crippen LogP contribution in [0.25, 0.3) is 0 Å². The van der Waals surface area contributed by atoms with E-state index in [2.05, 4.69) is 47.7 Å². The number of phenols is 1. The van der Waals surface area contributed by atoms with E-state index < -0.39 is 26.8 Å². The molecule has 4 fully saturated rings. The summed E-state index contributed by atoms with van der Waals surface area (Å²) in [6.07, 6.45) is 4.71. The molecule has 2 amide bonds. The van der Waals surface area contributed by atoms with E-state index in [0.29, 0.717) is 24.3 Å². The van der Waals surface area contributed by atoms with E-state index in [1.54, 1.807) is 24.3 Å². The molecule has 10 atom stereocenters. The van der Waals surface area contributed by atoms with Crippen molar-refractivity contribution in [1.29, 1.82) is 0 Å². The van der Waals surface area contributed by atoms with Crippen LogP contribution < -0.4 is 14.8 Å². The van der Waals surface area contributed by atoms with Gasteiger partial charge in [0, 0.05) is 34.0 Å². The summed E-state index contributed by atoms with van der Waals surface area (Å²) >= 11 is 13.4. The highest BCUT2D eigenvalue weighted by Gasteiger charge is 2.61. The molecule has 0 aromatic heterocycles. The maximum Gasteiger partial charge on any atom is 0.534 e. The first-order valence-electron chi connectivity index (χ1n) is 21.7. The molecule has 4 aromatic rings. The molecule has 2 saturated carbocycles. The number of aryl methyl sites for hydroxylation is 2. The summed E-state index contributed by atoms with van der Waals surface area (Å²) in [6.45, 7) is 12.2. The molecule has 0 spiro atoms. The van der Waals surface area contributed by atoms with Crippen molar-refractivity contribution in [3.8, 4) is 11.5 Å². The molecule has 2 heterocycles. The van der Waals surface area contributed by atoms with Gasteiger partial charge >= 0.3 is 15.6 Å². The third-order valence-electron chi connectivity index (χ3n) is 14.8. The minimum atomic E-state index is -5.77. The molecule has 338 valence electrons. The normalized spacial score (nSPS) is 30.3. The van der Waals surface area contributed by atoms with Crippen LogP contribution in [0.2, 0.25) is 10.0 Å². The number of amides is 2. The number of nitrogens with one attached hydrogen (secondary N) is 2. The van der Waals surface area contributed by atoms with Crippen LogP contribution in [0.3, 0.4) is 0 Å². The number of fused-ring (bicyclic) bond motifs is 2. The molecular formula is C49H55Cl2F3N2O6S. The molecule has 2 saturated heterocycles. The number of carbonyl (C=O) groups excluding carboxylic acids is 2. The number of phenolic OH excluding ortho intramolecular Hbond substituents is 1. The van der Waals surface area contributed by atoms with Crippen molar-refractivity contribution in [2.45, 2.75) is 121 Å². The Morgan fingerprint density at radius 3 is 1.46 bits per heavy atom. The molecule has 14 heteroatoms. The standard InChI is InChI=1S/C25H27ClF3NO4S.C24H28ClNO2/c1-4-24-12-11-19(18-10-5-14(2)13-20(18)26)21(22(24)15(3)30-23(24)31)16-6-8-17(9-7-16)34-35(32,33)25(27,28)29;1-4-24-12-11-19(18-10-5-14(2)13-20(18)25)21(16-6-8-17(27)9-7-16)22(24)15(3)26-23(24)28/h5-10,13,15,19,21-22H,4,11-12H2,1-3H3,(H,30,31);5-10,13,15,19,21-22,27H,4,11-12H2,1-3H3,(H,26,28)/t2*15-,19+,21+,22+,24-/m11/s1. The topological polar surface area (TPSA) is 122 Å². The van der Waals surface area contributed by atoms with E-state index in [1.807, 2.05) is 57.2 Å². The van der Waals surface area contributed by atoms with Crippen LogP contribution in [0, 0.1) is 36.5 Å². The lowest BCUT2D eigenvalue weighted by atomic mass is 9.54. The fourth-order valence-electron chi connectivity index (χ4n) is 11.9. The molecule has 0 radical (unpaired) electrons. The van der Waals surface area contributed by atoms with Gasteiger partial charge in [0.15, 0.2) is 0 Å². The summed E-state index contributed by atoms with van der Waals surface area (Å²) in [5, 5.41) is 17.6. The number of hydrogen-bond acceptors (Lipinski definition) is 6. The maximum atomic E-state index is 13.1. The highest BCUT2D eigenvalue weighted by atomic mass is 35.5. The van der Waals surface area contributed by atoms with Gasteiger partial charge in [-0.25, -0.2) is 0 Å². The average molecular weight is 928 g/mol. The van der Waals surface area contributed by atoms with Gasteiger partial charge in [-0.2, -0.15) is 21.6 Å². The Bertz CT molecular complexity index is 2470. The first-order valence-corrected chi connectivity index (χ1v) is 23.9. The van der Waals surface area contributed by atoms with E-state index in [0.717, 1.165) is 46.5 Å². The maximum absolute atomic E-state index is 13.1. The lowest BCUT2D eigenvalue weighted by Gasteiger charge is -2.47. The fourth-order valence-corrected chi connectivity index (χ4v) is 13.1. The Morgan fingerprint density at radius 1 is 0.698 bits per heavy atom. The molecule has 4 aliphatic rings. The van der Waals surface area contributed by atoms with Crippen molar-refractivity contribution < 1.29 is 40.5 Å².